The fraction of sp³-hybridized carbons (Fsp3) is 0.591. The van der Waals surface area contributed by atoms with E-state index >= 15 is 0 Å². The fourth-order valence-electron chi connectivity index (χ4n) is 1.83. The van der Waals surface area contributed by atoms with Crippen molar-refractivity contribution in [3.8, 4) is 0 Å². The van der Waals surface area contributed by atoms with E-state index in [9.17, 15) is 14.4 Å². The summed E-state index contributed by atoms with van der Waals surface area (Å²) in [6.45, 7) is 13.2. The maximum Gasteiger partial charge on any atom is 0.408 e. The highest BCUT2D eigenvalue weighted by molar-refractivity contribution is 5.87. The minimum Gasteiger partial charge on any atom is -0.459 e. The van der Waals surface area contributed by atoms with Gasteiger partial charge in [-0.15, -0.1) is 0 Å². The third kappa shape index (κ3) is 14.1. The number of amides is 2. The molecule has 0 radical (unpaired) electrons. The van der Waals surface area contributed by atoms with Crippen LogP contribution in [0.4, 0.5) is 4.79 Å². The van der Waals surface area contributed by atoms with E-state index in [1.165, 1.54) is 4.90 Å². The van der Waals surface area contributed by atoms with Gasteiger partial charge in [0.1, 0.15) is 18.2 Å². The number of nitrogens with one attached hydrogen (secondary N) is 1. The van der Waals surface area contributed by atoms with E-state index in [1.807, 2.05) is 58.0 Å². The minimum atomic E-state index is -1.12. The smallest absolute Gasteiger partial charge is 0.408 e. The molecule has 0 aliphatic heterocycles. The van der Waals surface area contributed by atoms with Crippen molar-refractivity contribution in [1.82, 2.24) is 10.2 Å². The summed E-state index contributed by atoms with van der Waals surface area (Å²) >= 11 is 0. The molecule has 1 aromatic rings. The molecular formula is C22H38N2O5. The molecule has 7 heteroatoms. The molecule has 1 N–H and O–H groups in total. The lowest BCUT2D eigenvalue weighted by Gasteiger charge is -2.23. The zero-order valence-electron chi connectivity index (χ0n) is 19.4. The van der Waals surface area contributed by atoms with Crippen LogP contribution in [0.15, 0.2) is 30.3 Å². The number of ether oxygens (including phenoxy) is 2. The van der Waals surface area contributed by atoms with Gasteiger partial charge in [-0.3, -0.25) is 4.79 Å². The van der Waals surface area contributed by atoms with Crippen LogP contribution >= 0.6 is 0 Å². The normalized spacial score (nSPS) is 10.8. The van der Waals surface area contributed by atoms with Crippen molar-refractivity contribution < 1.29 is 23.9 Å². The SMILES string of the molecule is CC.CC.CN(C)C(=O)CC(NC(=O)OC(C)(C)C)C(=O)OCc1ccccc1. The van der Waals surface area contributed by atoms with E-state index in [0.29, 0.717) is 0 Å². The van der Waals surface area contributed by atoms with Gasteiger partial charge in [-0.05, 0) is 26.3 Å². The molecule has 0 bridgehead atoms. The Balaban J connectivity index is 0. The van der Waals surface area contributed by atoms with Gasteiger partial charge in [0.15, 0.2) is 0 Å². The van der Waals surface area contributed by atoms with Gasteiger partial charge in [0.05, 0.1) is 6.42 Å². The molecule has 0 spiro atoms. The van der Waals surface area contributed by atoms with E-state index in [-0.39, 0.29) is 18.9 Å². The summed E-state index contributed by atoms with van der Waals surface area (Å²) in [6.07, 6.45) is -0.986. The molecule has 1 atom stereocenters. The van der Waals surface area contributed by atoms with Crippen LogP contribution in [0.1, 0.15) is 60.5 Å². The number of rotatable bonds is 6. The molecule has 2 amide bonds. The molecular weight excluding hydrogens is 372 g/mol. The van der Waals surface area contributed by atoms with Crippen molar-refractivity contribution >= 4 is 18.0 Å². The first-order valence-corrected chi connectivity index (χ1v) is 9.98. The van der Waals surface area contributed by atoms with E-state index in [2.05, 4.69) is 5.32 Å². The topological polar surface area (TPSA) is 84.9 Å². The lowest BCUT2D eigenvalue weighted by molar-refractivity contribution is -0.149. The Morgan fingerprint density at radius 2 is 1.52 bits per heavy atom. The Labute approximate surface area is 175 Å². The average Bonchev–Trinajstić information content (AvgIpc) is 2.68. The van der Waals surface area contributed by atoms with Gasteiger partial charge in [0.25, 0.3) is 0 Å². The van der Waals surface area contributed by atoms with Crippen molar-refractivity contribution in [3.63, 3.8) is 0 Å². The molecule has 7 nitrogen and oxygen atoms in total. The summed E-state index contributed by atoms with van der Waals surface area (Å²) in [5.41, 5.74) is 0.0968. The van der Waals surface area contributed by atoms with Crippen LogP contribution in [0.25, 0.3) is 0 Å². The van der Waals surface area contributed by atoms with Crippen molar-refractivity contribution in [1.29, 1.82) is 0 Å². The molecule has 0 aromatic heterocycles. The van der Waals surface area contributed by atoms with Gasteiger partial charge in [0, 0.05) is 14.1 Å². The Bertz CT molecular complexity index is 595. The standard InChI is InChI=1S/C18H26N2O5.2C2H6/c1-18(2,3)25-17(23)19-14(11-15(21)20(4)5)16(22)24-12-13-9-7-6-8-10-13;2*1-2/h6-10,14H,11-12H2,1-5H3,(H,19,23);2*1-2H3. The number of hydrogen-bond donors (Lipinski definition) is 1. The summed E-state index contributed by atoms with van der Waals surface area (Å²) in [7, 11) is 3.14. The molecule has 29 heavy (non-hydrogen) atoms. The van der Waals surface area contributed by atoms with E-state index in [1.54, 1.807) is 34.9 Å². The van der Waals surface area contributed by atoms with Crippen molar-refractivity contribution in [2.45, 2.75) is 73.1 Å². The van der Waals surface area contributed by atoms with Crippen molar-refractivity contribution in [3.05, 3.63) is 35.9 Å². The second-order valence-electron chi connectivity index (χ2n) is 6.78. The fourth-order valence-corrected chi connectivity index (χ4v) is 1.83. The van der Waals surface area contributed by atoms with Gasteiger partial charge in [0.2, 0.25) is 5.91 Å². The summed E-state index contributed by atoms with van der Waals surface area (Å²) in [4.78, 5) is 37.5. The maximum atomic E-state index is 12.3. The zero-order valence-corrected chi connectivity index (χ0v) is 19.4. The molecule has 1 rings (SSSR count). The van der Waals surface area contributed by atoms with Gasteiger partial charge in [-0.25, -0.2) is 9.59 Å². The van der Waals surface area contributed by atoms with Crippen LogP contribution in [0, 0.1) is 0 Å². The molecule has 0 heterocycles. The first-order chi connectivity index (χ1) is 13.6. The monoisotopic (exact) mass is 410 g/mol. The van der Waals surface area contributed by atoms with Crippen LogP contribution in [0.3, 0.4) is 0 Å². The molecule has 0 saturated heterocycles. The molecule has 0 aliphatic carbocycles. The van der Waals surface area contributed by atoms with Gasteiger partial charge < -0.3 is 19.7 Å². The van der Waals surface area contributed by atoms with Crippen LogP contribution in [0.5, 0.6) is 0 Å². The summed E-state index contributed by atoms with van der Waals surface area (Å²) < 4.78 is 10.4. The van der Waals surface area contributed by atoms with Gasteiger partial charge in [-0.1, -0.05) is 58.0 Å². The average molecular weight is 411 g/mol. The highest BCUT2D eigenvalue weighted by Crippen LogP contribution is 2.09. The lowest BCUT2D eigenvalue weighted by atomic mass is 10.2. The third-order valence-corrected chi connectivity index (χ3v) is 3.08. The molecule has 1 aromatic carbocycles. The minimum absolute atomic E-state index is 0.0579. The Morgan fingerprint density at radius 1 is 1.00 bits per heavy atom. The number of carbonyl (C=O) groups excluding carboxylic acids is 3. The quantitative estimate of drug-likeness (QED) is 0.712. The molecule has 0 saturated carbocycles. The number of benzene rings is 1. The number of hydrogen-bond acceptors (Lipinski definition) is 5. The Kier molecular flexibility index (Phi) is 15.2. The second-order valence-corrected chi connectivity index (χ2v) is 6.78. The summed E-state index contributed by atoms with van der Waals surface area (Å²) in [5, 5.41) is 2.41. The first kappa shape index (κ1) is 28.6. The summed E-state index contributed by atoms with van der Waals surface area (Å²) in [6, 6.07) is 8.02. The number of esters is 1. The largest absolute Gasteiger partial charge is 0.459 e. The van der Waals surface area contributed by atoms with Crippen LogP contribution < -0.4 is 5.32 Å². The third-order valence-electron chi connectivity index (χ3n) is 3.08. The van der Waals surface area contributed by atoms with E-state index < -0.39 is 23.7 Å². The van der Waals surface area contributed by atoms with Crippen LogP contribution in [-0.4, -0.2) is 48.6 Å². The van der Waals surface area contributed by atoms with E-state index in [4.69, 9.17) is 9.47 Å². The second kappa shape index (κ2) is 15.4. The van der Waals surface area contributed by atoms with Crippen molar-refractivity contribution in [2.24, 2.45) is 0 Å². The van der Waals surface area contributed by atoms with E-state index in [0.717, 1.165) is 5.56 Å². The van der Waals surface area contributed by atoms with Gasteiger partial charge in [-0.2, -0.15) is 0 Å². The predicted molar refractivity (Wildman–Crippen MR) is 115 cm³/mol. The first-order valence-electron chi connectivity index (χ1n) is 9.98. The zero-order chi connectivity index (χ0) is 23.0. The van der Waals surface area contributed by atoms with Crippen molar-refractivity contribution in [2.75, 3.05) is 14.1 Å². The highest BCUT2D eigenvalue weighted by Gasteiger charge is 2.28. The highest BCUT2D eigenvalue weighted by atomic mass is 16.6. The summed E-state index contributed by atoms with van der Waals surface area (Å²) in [5.74, 6) is -0.998. The molecule has 1 unspecified atom stereocenters. The predicted octanol–water partition coefficient (Wildman–Crippen LogP) is 4.15. The Hall–Kier alpha value is -2.57. The van der Waals surface area contributed by atoms with Crippen LogP contribution in [0.2, 0.25) is 0 Å². The maximum absolute atomic E-state index is 12.3. The number of nitrogens with zero attached hydrogens (tertiary/aromatic N) is 1. The molecule has 0 aliphatic rings. The molecule has 166 valence electrons. The molecule has 0 fully saturated rings. The van der Waals surface area contributed by atoms with Gasteiger partial charge >= 0.3 is 12.1 Å². The van der Waals surface area contributed by atoms with Crippen LogP contribution in [-0.2, 0) is 25.7 Å². The number of alkyl carbamates (subject to hydrolysis) is 1. The lowest BCUT2D eigenvalue weighted by Crippen LogP contribution is -2.46. The number of carbonyl (C=O) groups is 3. The Morgan fingerprint density at radius 3 is 1.97 bits per heavy atom.